The fraction of sp³-hybridized carbons (Fsp3) is 0.500. The summed E-state index contributed by atoms with van der Waals surface area (Å²) in [5.74, 6) is 0.959. The maximum atomic E-state index is 4.14. The van der Waals surface area contributed by atoms with Crippen LogP contribution in [0.3, 0.4) is 0 Å². The zero-order valence-corrected chi connectivity index (χ0v) is 10.0. The molecule has 1 aromatic heterocycles. The predicted molar refractivity (Wildman–Crippen MR) is 62.2 cm³/mol. The van der Waals surface area contributed by atoms with Gasteiger partial charge in [-0.15, -0.1) is 11.3 Å². The fourth-order valence-corrected chi connectivity index (χ4v) is 2.47. The first-order valence-electron chi connectivity index (χ1n) is 3.88. The highest BCUT2D eigenvalue weighted by molar-refractivity contribution is 9.11. The van der Waals surface area contributed by atoms with E-state index in [1.165, 1.54) is 8.66 Å². The summed E-state index contributed by atoms with van der Waals surface area (Å²) in [4.78, 5) is 1.38. The van der Waals surface area contributed by atoms with Gasteiger partial charge >= 0.3 is 0 Å². The van der Waals surface area contributed by atoms with E-state index in [4.69, 9.17) is 0 Å². The predicted octanol–water partition coefficient (Wildman–Crippen LogP) is 2.92. The Balaban J connectivity index is 2.15. The number of rotatable bonds is 5. The topological polar surface area (TPSA) is 12.0 Å². The molecule has 0 atom stereocenters. The number of nitrogens with one attached hydrogen (secondary N) is 1. The smallest absolute Gasteiger partial charge is 0.0701 e. The van der Waals surface area contributed by atoms with E-state index in [0.717, 1.165) is 25.3 Å². The van der Waals surface area contributed by atoms with E-state index in [0.29, 0.717) is 0 Å². The van der Waals surface area contributed by atoms with Gasteiger partial charge in [0.1, 0.15) is 0 Å². The minimum Gasteiger partial charge on any atom is -0.312 e. The summed E-state index contributed by atoms with van der Waals surface area (Å²) in [6.45, 7) is 2.03. The van der Waals surface area contributed by atoms with Gasteiger partial charge in [0.2, 0.25) is 0 Å². The van der Waals surface area contributed by atoms with Crippen LogP contribution >= 0.6 is 39.9 Å². The first kappa shape index (κ1) is 10.6. The molecule has 0 aliphatic carbocycles. The highest BCUT2D eigenvalue weighted by Gasteiger charge is 1.95. The van der Waals surface area contributed by atoms with Gasteiger partial charge in [0.05, 0.1) is 3.79 Å². The number of thiophene rings is 1. The van der Waals surface area contributed by atoms with Gasteiger partial charge in [0.15, 0.2) is 0 Å². The first-order valence-corrected chi connectivity index (χ1v) is 6.13. The first-order chi connectivity index (χ1) is 5.83. The molecule has 0 aliphatic rings. The molecule has 0 bridgehead atoms. The average molecular weight is 266 g/mol. The van der Waals surface area contributed by atoms with Crippen LogP contribution in [-0.2, 0) is 6.54 Å². The quantitative estimate of drug-likeness (QED) is 0.617. The Bertz CT molecular complexity index is 225. The Morgan fingerprint density at radius 3 is 2.92 bits per heavy atom. The highest BCUT2D eigenvalue weighted by atomic mass is 79.9. The molecule has 0 spiro atoms. The van der Waals surface area contributed by atoms with Crippen LogP contribution < -0.4 is 5.32 Å². The number of hydrogen-bond acceptors (Lipinski definition) is 3. The second-order valence-corrected chi connectivity index (χ2v) is 5.45. The third kappa shape index (κ3) is 3.94. The van der Waals surface area contributed by atoms with E-state index >= 15 is 0 Å². The van der Waals surface area contributed by atoms with E-state index in [2.05, 4.69) is 46.0 Å². The molecule has 0 fully saturated rings. The van der Waals surface area contributed by atoms with Crippen molar-refractivity contribution in [2.24, 2.45) is 0 Å². The van der Waals surface area contributed by atoms with E-state index in [1.807, 2.05) is 0 Å². The molecule has 12 heavy (non-hydrogen) atoms. The van der Waals surface area contributed by atoms with Crippen molar-refractivity contribution in [1.82, 2.24) is 5.32 Å². The molecule has 1 heterocycles. The van der Waals surface area contributed by atoms with Gasteiger partial charge in [0, 0.05) is 11.4 Å². The Morgan fingerprint density at radius 1 is 1.50 bits per heavy atom. The van der Waals surface area contributed by atoms with E-state index in [-0.39, 0.29) is 0 Å². The zero-order valence-electron chi connectivity index (χ0n) is 6.72. The molecule has 0 radical (unpaired) electrons. The molecule has 0 amide bonds. The monoisotopic (exact) mass is 265 g/mol. The van der Waals surface area contributed by atoms with Gasteiger partial charge in [-0.05, 0) is 46.8 Å². The lowest BCUT2D eigenvalue weighted by atomic mass is 10.4. The van der Waals surface area contributed by atoms with E-state index < -0.39 is 0 Å². The Kier molecular flexibility index (Phi) is 5.30. The third-order valence-corrected chi connectivity index (χ3v) is 3.38. The molecule has 1 rings (SSSR count). The van der Waals surface area contributed by atoms with Gasteiger partial charge in [0.25, 0.3) is 0 Å². The van der Waals surface area contributed by atoms with Crippen LogP contribution in [0.15, 0.2) is 15.9 Å². The molecule has 0 saturated carbocycles. The van der Waals surface area contributed by atoms with Gasteiger partial charge in [-0.3, -0.25) is 0 Å². The summed E-state index contributed by atoms with van der Waals surface area (Å²) in [6.07, 6.45) is 1.13. The van der Waals surface area contributed by atoms with Crippen molar-refractivity contribution in [1.29, 1.82) is 0 Å². The third-order valence-electron chi connectivity index (χ3n) is 1.44. The summed E-state index contributed by atoms with van der Waals surface area (Å²) in [5, 5.41) is 3.36. The van der Waals surface area contributed by atoms with Gasteiger partial charge < -0.3 is 5.32 Å². The van der Waals surface area contributed by atoms with Crippen LogP contribution in [0.2, 0.25) is 0 Å². The van der Waals surface area contributed by atoms with E-state index in [1.54, 1.807) is 11.3 Å². The standard InChI is InChI=1S/C8H12BrNS2/c9-8-3-2-7(12-8)6-10-4-1-5-11/h2-3,10-11H,1,4-6H2. The molecule has 0 saturated heterocycles. The van der Waals surface area contributed by atoms with Crippen LogP contribution in [0.5, 0.6) is 0 Å². The molecule has 0 aromatic carbocycles. The van der Waals surface area contributed by atoms with Crippen molar-refractivity contribution >= 4 is 39.9 Å². The van der Waals surface area contributed by atoms with Gasteiger partial charge in [-0.2, -0.15) is 12.6 Å². The summed E-state index contributed by atoms with van der Waals surface area (Å²) < 4.78 is 1.20. The maximum absolute atomic E-state index is 4.14. The van der Waals surface area contributed by atoms with Crippen molar-refractivity contribution in [2.45, 2.75) is 13.0 Å². The van der Waals surface area contributed by atoms with Crippen LogP contribution in [0.25, 0.3) is 0 Å². The van der Waals surface area contributed by atoms with Crippen LogP contribution in [0, 0.1) is 0 Å². The largest absolute Gasteiger partial charge is 0.312 e. The zero-order chi connectivity index (χ0) is 8.81. The highest BCUT2D eigenvalue weighted by Crippen LogP contribution is 2.21. The number of halogens is 1. The van der Waals surface area contributed by atoms with Crippen molar-refractivity contribution in [3.05, 3.63) is 20.8 Å². The van der Waals surface area contributed by atoms with Gasteiger partial charge in [-0.25, -0.2) is 0 Å². The average Bonchev–Trinajstić information content (AvgIpc) is 2.45. The van der Waals surface area contributed by atoms with Crippen molar-refractivity contribution < 1.29 is 0 Å². The Labute approximate surface area is 91.1 Å². The molecule has 1 aromatic rings. The Hall–Kier alpha value is 0.490. The molecular formula is C8H12BrNS2. The Morgan fingerprint density at radius 2 is 2.33 bits per heavy atom. The van der Waals surface area contributed by atoms with Crippen LogP contribution in [0.1, 0.15) is 11.3 Å². The van der Waals surface area contributed by atoms with Crippen molar-refractivity contribution in [3.8, 4) is 0 Å². The van der Waals surface area contributed by atoms with Crippen LogP contribution in [0.4, 0.5) is 0 Å². The van der Waals surface area contributed by atoms with Crippen LogP contribution in [-0.4, -0.2) is 12.3 Å². The second kappa shape index (κ2) is 6.02. The summed E-state index contributed by atoms with van der Waals surface area (Å²) in [6, 6.07) is 4.22. The molecule has 68 valence electrons. The number of hydrogen-bond donors (Lipinski definition) is 2. The molecule has 0 aliphatic heterocycles. The van der Waals surface area contributed by atoms with Crippen molar-refractivity contribution in [2.75, 3.05) is 12.3 Å². The molecule has 1 N–H and O–H groups in total. The maximum Gasteiger partial charge on any atom is 0.0701 e. The minimum atomic E-state index is 0.959. The van der Waals surface area contributed by atoms with E-state index in [9.17, 15) is 0 Å². The summed E-state index contributed by atoms with van der Waals surface area (Å²) in [5.41, 5.74) is 0. The second-order valence-electron chi connectivity index (χ2n) is 2.46. The lowest BCUT2D eigenvalue weighted by molar-refractivity contribution is 0.686. The lowest BCUT2D eigenvalue weighted by Crippen LogP contribution is -2.13. The lowest BCUT2D eigenvalue weighted by Gasteiger charge is -1.99. The fourth-order valence-electron chi connectivity index (χ4n) is 0.862. The minimum absolute atomic E-state index is 0.959. The summed E-state index contributed by atoms with van der Waals surface area (Å²) in [7, 11) is 0. The summed E-state index contributed by atoms with van der Waals surface area (Å²) >= 11 is 9.35. The molecule has 1 nitrogen and oxygen atoms in total. The van der Waals surface area contributed by atoms with Gasteiger partial charge in [-0.1, -0.05) is 0 Å². The van der Waals surface area contributed by atoms with Crippen molar-refractivity contribution in [3.63, 3.8) is 0 Å². The molecule has 0 unspecified atom stereocenters. The molecular weight excluding hydrogens is 254 g/mol. The SMILES string of the molecule is SCCCNCc1ccc(Br)s1. The normalized spacial score (nSPS) is 10.5. The number of thiol groups is 1. The molecule has 4 heteroatoms.